The Bertz CT molecular complexity index is 494. The summed E-state index contributed by atoms with van der Waals surface area (Å²) >= 11 is 3.49. The number of nitrogens with one attached hydrogen (secondary N) is 1. The normalized spacial score (nSPS) is 10.4. The molecule has 0 unspecified atom stereocenters. The Hall–Kier alpha value is -1.43. The number of aryl methyl sites for hydroxylation is 1. The maximum Gasteiger partial charge on any atom is 0.158 e. The van der Waals surface area contributed by atoms with Crippen LogP contribution in [0.4, 0.5) is 5.82 Å². The Labute approximate surface area is 102 Å². The van der Waals surface area contributed by atoms with Crippen LogP contribution in [0.5, 0.6) is 0 Å². The number of hydrogen-bond acceptors (Lipinski definition) is 4. The molecule has 0 aliphatic heterocycles. The zero-order valence-electron chi connectivity index (χ0n) is 9.11. The number of rotatable bonds is 3. The quantitative estimate of drug-likeness (QED) is 0.935. The molecule has 16 heavy (non-hydrogen) atoms. The lowest BCUT2D eigenvalue weighted by Gasteiger charge is -2.09. The first-order valence-corrected chi connectivity index (χ1v) is 5.78. The highest BCUT2D eigenvalue weighted by molar-refractivity contribution is 9.10. The molecule has 0 radical (unpaired) electrons. The highest BCUT2D eigenvalue weighted by Gasteiger charge is 2.11. The average molecular weight is 282 g/mol. The van der Waals surface area contributed by atoms with E-state index in [1.54, 1.807) is 6.20 Å². The third-order valence-electron chi connectivity index (χ3n) is 2.27. The topological polar surface area (TPSA) is 55.6 Å². The van der Waals surface area contributed by atoms with E-state index in [0.29, 0.717) is 0 Å². The van der Waals surface area contributed by atoms with Gasteiger partial charge in [0.25, 0.3) is 0 Å². The minimum absolute atomic E-state index is 0.765. The highest BCUT2D eigenvalue weighted by Crippen LogP contribution is 2.25. The molecule has 0 aromatic carbocycles. The fourth-order valence-electron chi connectivity index (χ4n) is 1.49. The lowest BCUT2D eigenvalue weighted by atomic mass is 10.4. The zero-order valence-corrected chi connectivity index (χ0v) is 10.7. The Morgan fingerprint density at radius 2 is 2.19 bits per heavy atom. The third kappa shape index (κ3) is 1.80. The van der Waals surface area contributed by atoms with Gasteiger partial charge in [-0.1, -0.05) is 6.92 Å². The molecule has 1 N–H and O–H groups in total. The number of anilines is 1. The molecule has 0 aliphatic rings. The number of aromatic nitrogens is 4. The Kier molecular flexibility index (Phi) is 3.19. The fourth-order valence-corrected chi connectivity index (χ4v) is 2.09. The smallest absolute Gasteiger partial charge is 0.158 e. The van der Waals surface area contributed by atoms with E-state index in [1.807, 2.05) is 17.8 Å². The highest BCUT2D eigenvalue weighted by atomic mass is 79.9. The van der Waals surface area contributed by atoms with Crippen molar-refractivity contribution in [1.29, 1.82) is 0 Å². The maximum absolute atomic E-state index is 4.27. The van der Waals surface area contributed by atoms with Crippen molar-refractivity contribution >= 4 is 21.7 Å². The van der Waals surface area contributed by atoms with E-state index in [-0.39, 0.29) is 0 Å². The monoisotopic (exact) mass is 281 g/mol. The molecule has 6 heteroatoms. The molecule has 0 aliphatic carbocycles. The van der Waals surface area contributed by atoms with Gasteiger partial charge < -0.3 is 5.32 Å². The number of halogens is 1. The first kappa shape index (κ1) is 11.1. The first-order valence-electron chi connectivity index (χ1n) is 4.98. The number of hydrogen-bond donors (Lipinski definition) is 1. The fraction of sp³-hybridized carbons (Fsp3) is 0.300. The van der Waals surface area contributed by atoms with Gasteiger partial charge in [0.2, 0.25) is 0 Å². The first-order chi connectivity index (χ1) is 7.77. The van der Waals surface area contributed by atoms with Gasteiger partial charge in [-0.2, -0.15) is 0 Å². The van der Waals surface area contributed by atoms with Gasteiger partial charge in [-0.05, 0) is 15.9 Å². The molecular weight excluding hydrogens is 270 g/mol. The predicted molar refractivity (Wildman–Crippen MR) is 65.8 cm³/mol. The van der Waals surface area contributed by atoms with Crippen molar-refractivity contribution in [3.63, 3.8) is 0 Å². The van der Waals surface area contributed by atoms with Crippen LogP contribution in [0.25, 0.3) is 5.82 Å². The summed E-state index contributed by atoms with van der Waals surface area (Å²) < 4.78 is 2.79. The molecule has 2 aromatic heterocycles. The molecule has 0 saturated heterocycles. The van der Waals surface area contributed by atoms with Crippen LogP contribution >= 0.6 is 15.9 Å². The van der Waals surface area contributed by atoms with Crippen LogP contribution < -0.4 is 5.32 Å². The van der Waals surface area contributed by atoms with E-state index in [2.05, 4.69) is 43.1 Å². The van der Waals surface area contributed by atoms with E-state index in [0.717, 1.165) is 28.4 Å². The van der Waals surface area contributed by atoms with Crippen LogP contribution in [0.2, 0.25) is 0 Å². The van der Waals surface area contributed by atoms with Crippen molar-refractivity contribution in [1.82, 2.24) is 19.5 Å². The summed E-state index contributed by atoms with van der Waals surface area (Å²) in [5, 5.41) is 3.00. The minimum atomic E-state index is 0.765. The van der Waals surface area contributed by atoms with Crippen LogP contribution in [0.1, 0.15) is 12.7 Å². The SMILES string of the molecule is CCc1nccn1-c1ncnc(NC)c1Br. The summed E-state index contributed by atoms with van der Waals surface area (Å²) in [4.78, 5) is 12.7. The molecule has 0 bridgehead atoms. The van der Waals surface area contributed by atoms with Gasteiger partial charge in [-0.3, -0.25) is 4.57 Å². The van der Waals surface area contributed by atoms with Crippen molar-refractivity contribution in [2.75, 3.05) is 12.4 Å². The molecule has 0 atom stereocenters. The second-order valence-corrected chi connectivity index (χ2v) is 3.97. The van der Waals surface area contributed by atoms with E-state index >= 15 is 0 Å². The standard InChI is InChI=1S/C10H12BrN5/c1-3-7-13-4-5-16(7)10-8(11)9(12-2)14-6-15-10/h4-6H,3H2,1-2H3,(H,12,14,15). The van der Waals surface area contributed by atoms with E-state index in [4.69, 9.17) is 0 Å². The van der Waals surface area contributed by atoms with Crippen LogP contribution in [-0.4, -0.2) is 26.6 Å². The average Bonchev–Trinajstić information content (AvgIpc) is 2.77. The lowest BCUT2D eigenvalue weighted by Crippen LogP contribution is -2.05. The summed E-state index contributed by atoms with van der Waals surface area (Å²) in [6, 6.07) is 0. The minimum Gasteiger partial charge on any atom is -0.372 e. The summed E-state index contributed by atoms with van der Waals surface area (Å²) in [7, 11) is 1.82. The molecule has 0 spiro atoms. The molecule has 2 heterocycles. The number of nitrogens with zero attached hydrogens (tertiary/aromatic N) is 4. The molecular formula is C10H12BrN5. The van der Waals surface area contributed by atoms with E-state index in [9.17, 15) is 0 Å². The van der Waals surface area contributed by atoms with Crippen LogP contribution in [-0.2, 0) is 6.42 Å². The number of imidazole rings is 1. The Morgan fingerprint density at radius 3 is 2.88 bits per heavy atom. The van der Waals surface area contributed by atoms with Gasteiger partial charge in [-0.15, -0.1) is 0 Å². The van der Waals surface area contributed by atoms with E-state index in [1.165, 1.54) is 6.33 Å². The van der Waals surface area contributed by atoms with E-state index < -0.39 is 0 Å². The molecule has 0 fully saturated rings. The van der Waals surface area contributed by atoms with Crippen molar-refractivity contribution < 1.29 is 0 Å². The predicted octanol–water partition coefficient (Wildman–Crippen LogP) is 2.03. The van der Waals surface area contributed by atoms with Gasteiger partial charge >= 0.3 is 0 Å². The second kappa shape index (κ2) is 4.61. The molecule has 2 rings (SSSR count). The van der Waals surface area contributed by atoms with Gasteiger partial charge in [0.15, 0.2) is 5.82 Å². The summed E-state index contributed by atoms with van der Waals surface area (Å²) in [5.74, 6) is 2.54. The van der Waals surface area contributed by atoms with Crippen LogP contribution in [0.15, 0.2) is 23.2 Å². The Morgan fingerprint density at radius 1 is 1.38 bits per heavy atom. The molecule has 2 aromatic rings. The zero-order chi connectivity index (χ0) is 11.5. The van der Waals surface area contributed by atoms with Gasteiger partial charge in [0.05, 0.1) is 0 Å². The summed E-state index contributed by atoms with van der Waals surface area (Å²) in [5.41, 5.74) is 0. The maximum atomic E-state index is 4.27. The van der Waals surface area contributed by atoms with Crippen molar-refractivity contribution in [3.8, 4) is 5.82 Å². The molecule has 5 nitrogen and oxygen atoms in total. The van der Waals surface area contributed by atoms with Crippen molar-refractivity contribution in [2.45, 2.75) is 13.3 Å². The Balaban J connectivity index is 2.56. The van der Waals surface area contributed by atoms with Crippen molar-refractivity contribution in [3.05, 3.63) is 29.0 Å². The summed E-state index contributed by atoms with van der Waals surface area (Å²) in [6.45, 7) is 2.06. The van der Waals surface area contributed by atoms with Crippen molar-refractivity contribution in [2.24, 2.45) is 0 Å². The largest absolute Gasteiger partial charge is 0.372 e. The van der Waals surface area contributed by atoms with Crippen LogP contribution in [0.3, 0.4) is 0 Å². The molecule has 84 valence electrons. The third-order valence-corrected chi connectivity index (χ3v) is 3.00. The second-order valence-electron chi connectivity index (χ2n) is 3.18. The van der Waals surface area contributed by atoms with Gasteiger partial charge in [-0.25, -0.2) is 15.0 Å². The lowest BCUT2D eigenvalue weighted by molar-refractivity contribution is 0.857. The summed E-state index contributed by atoms with van der Waals surface area (Å²) in [6.07, 6.45) is 6.06. The van der Waals surface area contributed by atoms with Gasteiger partial charge in [0, 0.05) is 25.9 Å². The van der Waals surface area contributed by atoms with Crippen LogP contribution in [0, 0.1) is 0 Å². The molecule has 0 saturated carbocycles. The van der Waals surface area contributed by atoms with Gasteiger partial charge in [0.1, 0.15) is 22.4 Å². The molecule has 0 amide bonds.